The molecule has 27 heavy (non-hydrogen) atoms. The molecule has 1 N–H and O–H groups in total. The first-order chi connectivity index (χ1) is 12.9. The van der Waals surface area contributed by atoms with Crippen LogP contribution in [-0.4, -0.2) is 37.8 Å². The third-order valence-corrected chi connectivity index (χ3v) is 7.59. The van der Waals surface area contributed by atoms with Gasteiger partial charge >= 0.3 is 0 Å². The molecule has 1 aliphatic rings. The molecule has 0 saturated carbocycles. The van der Waals surface area contributed by atoms with Gasteiger partial charge in [0.05, 0.1) is 17.7 Å². The van der Waals surface area contributed by atoms with E-state index in [0.717, 1.165) is 0 Å². The standard InChI is InChI=1S/C19H24N2O4S2/c1-14(2)25-17-9-4-3-8-16(17)20-19(22)15-7-5-11-21(13-15)27(23,24)18-10-6-12-26-18/h3-4,6,8-10,12,14-15H,5,7,11,13H2,1-2H3,(H,20,22). The van der Waals surface area contributed by atoms with Gasteiger partial charge in [0.15, 0.2) is 0 Å². The number of hydrogen-bond donors (Lipinski definition) is 1. The molecule has 1 aromatic carbocycles. The quantitative estimate of drug-likeness (QED) is 0.793. The number of rotatable bonds is 6. The molecule has 1 unspecified atom stereocenters. The van der Waals surface area contributed by atoms with Crippen LogP contribution in [0.25, 0.3) is 0 Å². The van der Waals surface area contributed by atoms with E-state index in [-0.39, 0.29) is 24.5 Å². The highest BCUT2D eigenvalue weighted by atomic mass is 32.2. The molecule has 8 heteroatoms. The van der Waals surface area contributed by atoms with E-state index < -0.39 is 10.0 Å². The van der Waals surface area contributed by atoms with Crippen molar-refractivity contribution < 1.29 is 17.9 Å². The number of hydrogen-bond acceptors (Lipinski definition) is 5. The molecule has 1 saturated heterocycles. The molecular weight excluding hydrogens is 384 g/mol. The molecule has 2 aromatic rings. The van der Waals surface area contributed by atoms with Crippen molar-refractivity contribution in [1.29, 1.82) is 0 Å². The van der Waals surface area contributed by atoms with Crippen LogP contribution in [0.4, 0.5) is 5.69 Å². The molecule has 0 bridgehead atoms. The van der Waals surface area contributed by atoms with Gasteiger partial charge in [-0.25, -0.2) is 8.42 Å². The maximum atomic E-state index is 12.8. The first-order valence-corrected chi connectivity index (χ1v) is 11.3. The SMILES string of the molecule is CC(C)Oc1ccccc1NC(=O)C1CCCN(S(=O)(=O)c2cccs2)C1. The lowest BCUT2D eigenvalue weighted by Gasteiger charge is -2.31. The van der Waals surface area contributed by atoms with Crippen LogP contribution in [-0.2, 0) is 14.8 Å². The Morgan fingerprint density at radius 1 is 1.26 bits per heavy atom. The molecule has 6 nitrogen and oxygen atoms in total. The van der Waals surface area contributed by atoms with E-state index in [1.54, 1.807) is 23.6 Å². The Bertz CT molecular complexity index is 879. The average molecular weight is 409 g/mol. The Balaban J connectivity index is 1.71. The Morgan fingerprint density at radius 3 is 2.74 bits per heavy atom. The number of sulfonamides is 1. The Hall–Kier alpha value is -1.90. The second-order valence-electron chi connectivity index (χ2n) is 6.79. The first kappa shape index (κ1) is 19.9. The number of anilines is 1. The van der Waals surface area contributed by atoms with Crippen molar-refractivity contribution in [2.75, 3.05) is 18.4 Å². The van der Waals surface area contributed by atoms with Crippen molar-refractivity contribution in [1.82, 2.24) is 4.31 Å². The lowest BCUT2D eigenvalue weighted by molar-refractivity contribution is -0.120. The Morgan fingerprint density at radius 2 is 2.04 bits per heavy atom. The van der Waals surface area contributed by atoms with Crippen LogP contribution in [0.2, 0.25) is 0 Å². The number of piperidine rings is 1. The van der Waals surface area contributed by atoms with Crippen molar-refractivity contribution in [3.63, 3.8) is 0 Å². The van der Waals surface area contributed by atoms with Crippen molar-refractivity contribution in [3.05, 3.63) is 41.8 Å². The number of benzene rings is 1. The molecule has 146 valence electrons. The molecule has 2 heterocycles. The van der Waals surface area contributed by atoms with Crippen molar-refractivity contribution in [2.24, 2.45) is 5.92 Å². The topological polar surface area (TPSA) is 75.7 Å². The van der Waals surface area contributed by atoms with E-state index in [2.05, 4.69) is 5.32 Å². The third kappa shape index (κ3) is 4.69. The van der Waals surface area contributed by atoms with Gasteiger partial charge in [-0.2, -0.15) is 4.31 Å². The Labute approximate surface area is 164 Å². The monoisotopic (exact) mass is 408 g/mol. The number of ether oxygens (including phenoxy) is 1. The number of nitrogens with one attached hydrogen (secondary N) is 1. The summed E-state index contributed by atoms with van der Waals surface area (Å²) in [5.41, 5.74) is 0.606. The summed E-state index contributed by atoms with van der Waals surface area (Å²) in [6.45, 7) is 4.48. The summed E-state index contributed by atoms with van der Waals surface area (Å²) in [4.78, 5) is 12.8. The smallest absolute Gasteiger partial charge is 0.252 e. The number of para-hydroxylation sites is 2. The van der Waals surface area contributed by atoms with Crippen LogP contribution in [0.5, 0.6) is 5.75 Å². The molecular formula is C19H24N2O4S2. The van der Waals surface area contributed by atoms with Gasteiger partial charge in [-0.3, -0.25) is 4.79 Å². The van der Waals surface area contributed by atoms with Crippen LogP contribution in [0.1, 0.15) is 26.7 Å². The van der Waals surface area contributed by atoms with Crippen molar-refractivity contribution >= 4 is 33.0 Å². The second kappa shape index (κ2) is 8.41. The molecule has 1 atom stereocenters. The van der Waals surface area contributed by atoms with Crippen molar-refractivity contribution in [2.45, 2.75) is 37.0 Å². The molecule has 0 radical (unpaired) electrons. The predicted octanol–water partition coefficient (Wildman–Crippen LogP) is 3.57. The third-order valence-electron chi connectivity index (χ3n) is 4.35. The van der Waals surface area contributed by atoms with Crippen LogP contribution in [0, 0.1) is 5.92 Å². The number of amides is 1. The highest BCUT2D eigenvalue weighted by Gasteiger charge is 2.34. The van der Waals surface area contributed by atoms with Gasteiger partial charge in [-0.1, -0.05) is 18.2 Å². The van der Waals surface area contributed by atoms with Gasteiger partial charge in [0, 0.05) is 13.1 Å². The van der Waals surface area contributed by atoms with Gasteiger partial charge in [0.25, 0.3) is 10.0 Å². The minimum atomic E-state index is -3.53. The Kier molecular flexibility index (Phi) is 6.18. The summed E-state index contributed by atoms with van der Waals surface area (Å²) < 4.78 is 32.9. The maximum Gasteiger partial charge on any atom is 0.252 e. The number of nitrogens with zero attached hydrogens (tertiary/aromatic N) is 1. The summed E-state index contributed by atoms with van der Waals surface area (Å²) in [6.07, 6.45) is 1.31. The van der Waals surface area contributed by atoms with E-state index >= 15 is 0 Å². The minimum absolute atomic E-state index is 0.0100. The molecule has 1 aromatic heterocycles. The zero-order chi connectivity index (χ0) is 19.4. The van der Waals surface area contributed by atoms with Crippen LogP contribution in [0.15, 0.2) is 46.0 Å². The zero-order valence-corrected chi connectivity index (χ0v) is 17.1. The highest BCUT2D eigenvalue weighted by molar-refractivity contribution is 7.91. The maximum absolute atomic E-state index is 12.8. The first-order valence-electron chi connectivity index (χ1n) is 8.98. The summed E-state index contributed by atoms with van der Waals surface area (Å²) >= 11 is 1.20. The summed E-state index contributed by atoms with van der Waals surface area (Å²) in [5, 5.41) is 4.65. The van der Waals surface area contributed by atoms with E-state index in [0.29, 0.717) is 35.0 Å². The van der Waals surface area contributed by atoms with E-state index in [1.807, 2.05) is 32.0 Å². The molecule has 3 rings (SSSR count). The van der Waals surface area contributed by atoms with Gasteiger partial charge < -0.3 is 10.1 Å². The lowest BCUT2D eigenvalue weighted by Crippen LogP contribution is -2.43. The van der Waals surface area contributed by atoms with E-state index in [4.69, 9.17) is 4.74 Å². The largest absolute Gasteiger partial charge is 0.489 e. The summed E-state index contributed by atoms with van der Waals surface area (Å²) in [7, 11) is -3.53. The fourth-order valence-corrected chi connectivity index (χ4v) is 5.74. The number of carbonyl (C=O) groups excluding carboxylic acids is 1. The average Bonchev–Trinajstić information content (AvgIpc) is 3.18. The second-order valence-corrected chi connectivity index (χ2v) is 9.90. The van der Waals surface area contributed by atoms with E-state index in [9.17, 15) is 13.2 Å². The number of carbonyl (C=O) groups is 1. The lowest BCUT2D eigenvalue weighted by atomic mass is 9.98. The summed E-state index contributed by atoms with van der Waals surface area (Å²) in [6, 6.07) is 10.6. The predicted molar refractivity (Wildman–Crippen MR) is 107 cm³/mol. The highest BCUT2D eigenvalue weighted by Crippen LogP contribution is 2.29. The molecule has 1 aliphatic heterocycles. The zero-order valence-electron chi connectivity index (χ0n) is 15.4. The summed E-state index contributed by atoms with van der Waals surface area (Å²) in [5.74, 6) is 0.0428. The molecule has 1 amide bonds. The fourth-order valence-electron chi connectivity index (χ4n) is 3.07. The molecule has 0 spiro atoms. The van der Waals surface area contributed by atoms with Crippen LogP contribution < -0.4 is 10.1 Å². The van der Waals surface area contributed by atoms with Gasteiger partial charge in [-0.05, 0) is 50.3 Å². The minimum Gasteiger partial charge on any atom is -0.489 e. The molecule has 1 fully saturated rings. The number of thiophene rings is 1. The fraction of sp³-hybridized carbons (Fsp3) is 0.421. The van der Waals surface area contributed by atoms with Crippen LogP contribution >= 0.6 is 11.3 Å². The van der Waals surface area contributed by atoms with Gasteiger partial charge in [-0.15, -0.1) is 11.3 Å². The van der Waals surface area contributed by atoms with E-state index in [1.165, 1.54) is 15.6 Å². The van der Waals surface area contributed by atoms with Crippen LogP contribution in [0.3, 0.4) is 0 Å². The van der Waals surface area contributed by atoms with Gasteiger partial charge in [0.2, 0.25) is 5.91 Å². The van der Waals surface area contributed by atoms with Gasteiger partial charge in [0.1, 0.15) is 9.96 Å². The molecule has 0 aliphatic carbocycles. The van der Waals surface area contributed by atoms with Crippen molar-refractivity contribution in [3.8, 4) is 5.75 Å². The normalized spacial score (nSPS) is 18.4.